The molecule has 1 saturated carbocycles. The summed E-state index contributed by atoms with van der Waals surface area (Å²) in [5.41, 5.74) is 2.96. The lowest BCUT2D eigenvalue weighted by Gasteiger charge is -2.14. The third kappa shape index (κ3) is 2.03. The van der Waals surface area contributed by atoms with Crippen LogP contribution in [0.25, 0.3) is 0 Å². The first-order chi connectivity index (χ1) is 7.26. The molecule has 1 aliphatic rings. The summed E-state index contributed by atoms with van der Waals surface area (Å²) in [6, 6.07) is 7.85. The molecule has 1 unspecified atom stereocenters. The average Bonchev–Trinajstić information content (AvgIpc) is 3.11. The quantitative estimate of drug-likeness (QED) is 0.813. The second kappa shape index (κ2) is 4.04. The predicted octanol–water partition coefficient (Wildman–Crippen LogP) is 2.35. The largest absolute Gasteiger partial charge is 0.396 e. The Morgan fingerprint density at radius 3 is 2.80 bits per heavy atom. The number of rotatable bonds is 3. The summed E-state index contributed by atoms with van der Waals surface area (Å²) in [5, 5.41) is 18.0. The normalized spacial score (nSPS) is 17.1. The highest BCUT2D eigenvalue weighted by Crippen LogP contribution is 2.43. The highest BCUT2D eigenvalue weighted by molar-refractivity contribution is 5.43. The van der Waals surface area contributed by atoms with Gasteiger partial charge in [0.25, 0.3) is 0 Å². The molecule has 0 spiro atoms. The van der Waals surface area contributed by atoms with E-state index >= 15 is 0 Å². The van der Waals surface area contributed by atoms with Crippen LogP contribution in [0.1, 0.15) is 41.4 Å². The Labute approximate surface area is 90.2 Å². The molecule has 15 heavy (non-hydrogen) atoms. The lowest BCUT2D eigenvalue weighted by molar-refractivity contribution is 0.282. The maximum Gasteiger partial charge on any atom is 0.0991 e. The van der Waals surface area contributed by atoms with Gasteiger partial charge in [0.1, 0.15) is 0 Å². The van der Waals surface area contributed by atoms with Crippen molar-refractivity contribution in [3.05, 3.63) is 41.8 Å². The molecule has 0 aromatic heterocycles. The summed E-state index contributed by atoms with van der Waals surface area (Å²) in [7, 11) is 0. The number of nitriles is 1. The van der Waals surface area contributed by atoms with Crippen molar-refractivity contribution >= 4 is 0 Å². The summed E-state index contributed by atoms with van der Waals surface area (Å²) in [4.78, 5) is 0. The first kappa shape index (κ1) is 10.2. The van der Waals surface area contributed by atoms with Crippen LogP contribution in [0, 0.1) is 18.3 Å². The number of nitrogens with zero attached hydrogens (tertiary/aromatic N) is 1. The maximum absolute atomic E-state index is 9.13. The maximum atomic E-state index is 9.13. The van der Waals surface area contributed by atoms with E-state index in [1.54, 1.807) is 0 Å². The fourth-order valence-electron chi connectivity index (χ4n) is 1.86. The third-order valence-electron chi connectivity index (χ3n) is 2.89. The van der Waals surface area contributed by atoms with Crippen LogP contribution < -0.4 is 0 Å². The smallest absolute Gasteiger partial charge is 0.0991 e. The van der Waals surface area contributed by atoms with E-state index in [1.165, 1.54) is 18.4 Å². The van der Waals surface area contributed by atoms with Gasteiger partial charge in [0.15, 0.2) is 0 Å². The predicted molar refractivity (Wildman–Crippen MR) is 58.3 cm³/mol. The molecule has 2 heteroatoms. The molecule has 1 radical (unpaired) electrons. The van der Waals surface area contributed by atoms with E-state index in [0.717, 1.165) is 5.56 Å². The fraction of sp³-hybridized carbons (Fsp3) is 0.385. The van der Waals surface area contributed by atoms with Crippen LogP contribution in [0.2, 0.25) is 0 Å². The Bertz CT molecular complexity index is 401. The first-order valence-electron chi connectivity index (χ1n) is 5.24. The zero-order valence-electron chi connectivity index (χ0n) is 8.61. The molecule has 1 aliphatic carbocycles. The Morgan fingerprint density at radius 1 is 1.53 bits per heavy atom. The van der Waals surface area contributed by atoms with Gasteiger partial charge < -0.3 is 5.11 Å². The van der Waals surface area contributed by atoms with Crippen molar-refractivity contribution in [1.29, 1.82) is 5.26 Å². The lowest BCUT2D eigenvalue weighted by atomic mass is 9.92. The van der Waals surface area contributed by atoms with Gasteiger partial charge in [0, 0.05) is 12.5 Å². The molecule has 1 atom stereocenters. The first-order valence-corrected chi connectivity index (χ1v) is 5.24. The Balaban J connectivity index is 2.41. The topological polar surface area (TPSA) is 44.0 Å². The average molecular weight is 200 g/mol. The van der Waals surface area contributed by atoms with Crippen molar-refractivity contribution in [2.45, 2.75) is 24.7 Å². The second-order valence-corrected chi connectivity index (χ2v) is 4.11. The number of benzene rings is 1. The number of aliphatic hydroxyl groups is 1. The molecule has 0 bridgehead atoms. The highest BCUT2D eigenvalue weighted by Gasteiger charge is 2.27. The van der Waals surface area contributed by atoms with E-state index in [1.807, 2.05) is 18.2 Å². The van der Waals surface area contributed by atoms with Crippen molar-refractivity contribution in [3.8, 4) is 6.07 Å². The zero-order chi connectivity index (χ0) is 10.8. The Morgan fingerprint density at radius 2 is 2.27 bits per heavy atom. The van der Waals surface area contributed by atoms with E-state index in [0.29, 0.717) is 11.5 Å². The van der Waals surface area contributed by atoms with Gasteiger partial charge in [-0.25, -0.2) is 0 Å². The summed E-state index contributed by atoms with van der Waals surface area (Å²) in [6.45, 7) is 3.95. The SMILES string of the molecule is [CH2]C(CO)c1cc(C#N)ccc1C1CC1. The van der Waals surface area contributed by atoms with E-state index in [-0.39, 0.29) is 12.5 Å². The summed E-state index contributed by atoms with van der Waals surface area (Å²) >= 11 is 0. The van der Waals surface area contributed by atoms with Crippen LogP contribution in [-0.2, 0) is 0 Å². The van der Waals surface area contributed by atoms with E-state index in [2.05, 4.69) is 13.0 Å². The van der Waals surface area contributed by atoms with Crippen molar-refractivity contribution in [3.63, 3.8) is 0 Å². The summed E-state index contributed by atoms with van der Waals surface area (Å²) in [5.74, 6) is 0.512. The molecule has 2 rings (SSSR count). The summed E-state index contributed by atoms with van der Waals surface area (Å²) < 4.78 is 0. The van der Waals surface area contributed by atoms with Crippen LogP contribution in [-0.4, -0.2) is 11.7 Å². The van der Waals surface area contributed by atoms with E-state index in [4.69, 9.17) is 10.4 Å². The van der Waals surface area contributed by atoms with Gasteiger partial charge in [-0.3, -0.25) is 0 Å². The van der Waals surface area contributed by atoms with Gasteiger partial charge in [-0.15, -0.1) is 0 Å². The molecule has 2 nitrogen and oxygen atoms in total. The van der Waals surface area contributed by atoms with E-state index in [9.17, 15) is 0 Å². The minimum atomic E-state index is -0.117. The molecule has 1 N–H and O–H groups in total. The molecule has 77 valence electrons. The van der Waals surface area contributed by atoms with Crippen molar-refractivity contribution in [2.24, 2.45) is 0 Å². The van der Waals surface area contributed by atoms with Crippen LogP contribution in [0.5, 0.6) is 0 Å². The number of hydrogen-bond acceptors (Lipinski definition) is 2. The lowest BCUT2D eigenvalue weighted by Crippen LogP contribution is -2.03. The molecule has 0 heterocycles. The minimum absolute atomic E-state index is 0.0363. The van der Waals surface area contributed by atoms with Gasteiger partial charge in [0.05, 0.1) is 11.6 Å². The zero-order valence-corrected chi connectivity index (χ0v) is 8.61. The molecule has 1 fully saturated rings. The molecular formula is C13H14NO. The molecule has 0 aliphatic heterocycles. The molecule has 0 amide bonds. The fourth-order valence-corrected chi connectivity index (χ4v) is 1.86. The van der Waals surface area contributed by atoms with Crippen LogP contribution in [0.4, 0.5) is 0 Å². The Hall–Kier alpha value is -1.33. The molecule has 1 aromatic carbocycles. The van der Waals surface area contributed by atoms with Gasteiger partial charge in [0.2, 0.25) is 0 Å². The number of aliphatic hydroxyl groups excluding tert-OH is 1. The second-order valence-electron chi connectivity index (χ2n) is 4.11. The van der Waals surface area contributed by atoms with Crippen molar-refractivity contribution in [2.75, 3.05) is 6.61 Å². The minimum Gasteiger partial charge on any atom is -0.396 e. The standard InChI is InChI=1S/C13H14NO/c1-9(8-15)13-6-10(7-14)2-5-12(13)11-3-4-11/h2,5-6,9,11,15H,1,3-4,8H2. The monoisotopic (exact) mass is 200 g/mol. The van der Waals surface area contributed by atoms with Crippen LogP contribution in [0.3, 0.4) is 0 Å². The number of hydrogen-bond donors (Lipinski definition) is 1. The van der Waals surface area contributed by atoms with Crippen molar-refractivity contribution < 1.29 is 5.11 Å². The summed E-state index contributed by atoms with van der Waals surface area (Å²) in [6.07, 6.45) is 2.44. The molecule has 1 aromatic rings. The third-order valence-corrected chi connectivity index (χ3v) is 2.89. The van der Waals surface area contributed by atoms with Crippen LogP contribution in [0.15, 0.2) is 18.2 Å². The van der Waals surface area contributed by atoms with Crippen LogP contribution >= 0.6 is 0 Å². The van der Waals surface area contributed by atoms with Gasteiger partial charge in [-0.05, 0) is 48.9 Å². The molecule has 0 saturated heterocycles. The molecular weight excluding hydrogens is 186 g/mol. The van der Waals surface area contributed by atoms with Crippen molar-refractivity contribution in [1.82, 2.24) is 0 Å². The highest BCUT2D eigenvalue weighted by atomic mass is 16.3. The van der Waals surface area contributed by atoms with Gasteiger partial charge >= 0.3 is 0 Å². The van der Waals surface area contributed by atoms with Gasteiger partial charge in [-0.2, -0.15) is 5.26 Å². The van der Waals surface area contributed by atoms with Gasteiger partial charge in [-0.1, -0.05) is 6.07 Å². The Kier molecular flexibility index (Phi) is 2.75. The van der Waals surface area contributed by atoms with E-state index < -0.39 is 0 Å².